The van der Waals surface area contributed by atoms with Gasteiger partial charge in [0.25, 0.3) is 0 Å². The van der Waals surface area contributed by atoms with Gasteiger partial charge < -0.3 is 19.8 Å². The molecule has 0 radical (unpaired) electrons. The SMILES string of the molecule is CCNC(=NCc1cc(C)oc1C)NC1CC2CCC1O2. The molecule has 1 aromatic rings. The van der Waals surface area contributed by atoms with Gasteiger partial charge in [0.05, 0.1) is 24.8 Å². The first-order chi connectivity index (χ1) is 10.2. The van der Waals surface area contributed by atoms with Gasteiger partial charge in [-0.1, -0.05) is 0 Å². The third kappa shape index (κ3) is 3.23. The summed E-state index contributed by atoms with van der Waals surface area (Å²) >= 11 is 0. The summed E-state index contributed by atoms with van der Waals surface area (Å²) in [7, 11) is 0. The molecule has 116 valence electrons. The molecule has 2 aliphatic rings. The van der Waals surface area contributed by atoms with Crippen molar-refractivity contribution in [2.24, 2.45) is 4.99 Å². The van der Waals surface area contributed by atoms with Gasteiger partial charge >= 0.3 is 0 Å². The molecular formula is C16H25N3O2. The minimum absolute atomic E-state index is 0.358. The molecule has 2 fully saturated rings. The van der Waals surface area contributed by atoms with Gasteiger partial charge in [0, 0.05) is 12.1 Å². The summed E-state index contributed by atoms with van der Waals surface area (Å²) in [6.07, 6.45) is 4.29. The van der Waals surface area contributed by atoms with Gasteiger partial charge in [-0.25, -0.2) is 4.99 Å². The highest BCUT2D eigenvalue weighted by Crippen LogP contribution is 2.34. The Morgan fingerprint density at radius 2 is 2.24 bits per heavy atom. The maximum atomic E-state index is 5.89. The first-order valence-corrected chi connectivity index (χ1v) is 7.92. The van der Waals surface area contributed by atoms with Crippen LogP contribution in [-0.2, 0) is 11.3 Å². The van der Waals surface area contributed by atoms with E-state index in [0.717, 1.165) is 36.0 Å². The number of fused-ring (bicyclic) bond motifs is 2. The van der Waals surface area contributed by atoms with Crippen LogP contribution in [0.3, 0.4) is 0 Å². The van der Waals surface area contributed by atoms with Crippen LogP contribution in [0.1, 0.15) is 43.3 Å². The second-order valence-electron chi connectivity index (χ2n) is 5.99. The van der Waals surface area contributed by atoms with Crippen molar-refractivity contribution in [2.45, 2.75) is 64.8 Å². The van der Waals surface area contributed by atoms with E-state index in [9.17, 15) is 0 Å². The minimum atomic E-state index is 0.358. The fourth-order valence-electron chi connectivity index (χ4n) is 3.29. The third-order valence-electron chi connectivity index (χ3n) is 4.32. The van der Waals surface area contributed by atoms with Crippen LogP contribution in [0.2, 0.25) is 0 Å². The zero-order chi connectivity index (χ0) is 14.8. The van der Waals surface area contributed by atoms with Crippen molar-refractivity contribution in [1.82, 2.24) is 10.6 Å². The van der Waals surface area contributed by atoms with E-state index >= 15 is 0 Å². The van der Waals surface area contributed by atoms with Crippen molar-refractivity contribution in [3.05, 3.63) is 23.2 Å². The monoisotopic (exact) mass is 291 g/mol. The van der Waals surface area contributed by atoms with Crippen molar-refractivity contribution in [3.8, 4) is 0 Å². The second-order valence-corrected chi connectivity index (χ2v) is 5.99. The molecule has 2 bridgehead atoms. The quantitative estimate of drug-likeness (QED) is 0.660. The van der Waals surface area contributed by atoms with Crippen LogP contribution in [0, 0.1) is 13.8 Å². The van der Waals surface area contributed by atoms with Crippen molar-refractivity contribution in [1.29, 1.82) is 0 Å². The van der Waals surface area contributed by atoms with Gasteiger partial charge in [0.15, 0.2) is 5.96 Å². The number of aliphatic imine (C=N–C) groups is 1. The largest absolute Gasteiger partial charge is 0.466 e. The maximum absolute atomic E-state index is 5.89. The molecule has 5 nitrogen and oxygen atoms in total. The second kappa shape index (κ2) is 6.10. The molecule has 1 aromatic heterocycles. The van der Waals surface area contributed by atoms with Crippen LogP contribution in [0.4, 0.5) is 0 Å². The van der Waals surface area contributed by atoms with E-state index in [1.54, 1.807) is 0 Å². The summed E-state index contributed by atoms with van der Waals surface area (Å²) in [5.41, 5.74) is 1.15. The Morgan fingerprint density at radius 3 is 2.81 bits per heavy atom. The van der Waals surface area contributed by atoms with E-state index < -0.39 is 0 Å². The Morgan fingerprint density at radius 1 is 1.38 bits per heavy atom. The fourth-order valence-corrected chi connectivity index (χ4v) is 3.29. The molecule has 3 heterocycles. The predicted octanol–water partition coefficient (Wildman–Crippen LogP) is 2.27. The molecule has 2 N–H and O–H groups in total. The summed E-state index contributed by atoms with van der Waals surface area (Å²) < 4.78 is 11.4. The molecule has 0 aliphatic carbocycles. The Labute approximate surface area is 126 Å². The lowest BCUT2D eigenvalue weighted by Crippen LogP contribution is -2.47. The normalized spacial score (nSPS) is 28.1. The van der Waals surface area contributed by atoms with Gasteiger partial charge in [-0.3, -0.25) is 0 Å². The van der Waals surface area contributed by atoms with Crippen molar-refractivity contribution in [2.75, 3.05) is 6.54 Å². The number of hydrogen-bond acceptors (Lipinski definition) is 3. The van der Waals surface area contributed by atoms with Gasteiger partial charge in [0.1, 0.15) is 11.5 Å². The highest BCUT2D eigenvalue weighted by Gasteiger charge is 2.41. The Bertz CT molecular complexity index is 524. The number of aryl methyl sites for hydroxylation is 2. The Balaban J connectivity index is 1.63. The molecule has 0 aromatic carbocycles. The molecule has 2 saturated heterocycles. The van der Waals surface area contributed by atoms with E-state index in [4.69, 9.17) is 9.15 Å². The zero-order valence-electron chi connectivity index (χ0n) is 13.1. The molecule has 0 amide bonds. The number of rotatable bonds is 4. The third-order valence-corrected chi connectivity index (χ3v) is 4.32. The predicted molar refractivity (Wildman–Crippen MR) is 82.4 cm³/mol. The number of hydrogen-bond donors (Lipinski definition) is 2. The van der Waals surface area contributed by atoms with E-state index in [-0.39, 0.29) is 0 Å². The lowest BCUT2D eigenvalue weighted by Gasteiger charge is -2.22. The molecule has 3 unspecified atom stereocenters. The molecule has 21 heavy (non-hydrogen) atoms. The smallest absolute Gasteiger partial charge is 0.191 e. The molecule has 0 saturated carbocycles. The average Bonchev–Trinajstić information content (AvgIpc) is 3.12. The van der Waals surface area contributed by atoms with Crippen molar-refractivity contribution < 1.29 is 9.15 Å². The Kier molecular flexibility index (Phi) is 4.19. The number of nitrogens with zero attached hydrogens (tertiary/aromatic N) is 1. The zero-order valence-corrected chi connectivity index (χ0v) is 13.1. The number of nitrogens with one attached hydrogen (secondary N) is 2. The van der Waals surface area contributed by atoms with E-state index in [1.807, 2.05) is 13.8 Å². The first-order valence-electron chi connectivity index (χ1n) is 7.92. The highest BCUT2D eigenvalue weighted by atomic mass is 16.5. The average molecular weight is 291 g/mol. The summed E-state index contributed by atoms with van der Waals surface area (Å²) in [6.45, 7) is 7.54. The topological polar surface area (TPSA) is 58.8 Å². The Hall–Kier alpha value is -1.49. The summed E-state index contributed by atoms with van der Waals surface area (Å²) in [5.74, 6) is 2.77. The van der Waals surface area contributed by atoms with Crippen LogP contribution in [0.15, 0.2) is 15.5 Å². The number of ether oxygens (including phenoxy) is 1. The van der Waals surface area contributed by atoms with E-state index in [2.05, 4.69) is 28.6 Å². The molecule has 2 aliphatic heterocycles. The molecular weight excluding hydrogens is 266 g/mol. The lowest BCUT2D eigenvalue weighted by atomic mass is 9.96. The lowest BCUT2D eigenvalue weighted by molar-refractivity contribution is 0.0992. The molecule has 5 heteroatoms. The summed E-state index contributed by atoms with van der Waals surface area (Å²) in [5, 5.41) is 6.85. The van der Waals surface area contributed by atoms with Crippen LogP contribution in [-0.4, -0.2) is 30.8 Å². The van der Waals surface area contributed by atoms with Crippen molar-refractivity contribution >= 4 is 5.96 Å². The van der Waals surface area contributed by atoms with Gasteiger partial charge in [-0.2, -0.15) is 0 Å². The number of furan rings is 1. The van der Waals surface area contributed by atoms with Crippen LogP contribution >= 0.6 is 0 Å². The standard InChI is InChI=1S/C16H25N3O2/c1-4-17-16(18-9-12-7-10(2)20-11(12)3)19-14-8-13-5-6-15(14)21-13/h7,13-15H,4-6,8-9H2,1-3H3,(H2,17,18,19). The summed E-state index contributed by atoms with van der Waals surface area (Å²) in [6, 6.07) is 2.46. The highest BCUT2D eigenvalue weighted by molar-refractivity contribution is 5.80. The van der Waals surface area contributed by atoms with Gasteiger partial charge in [-0.05, 0) is 46.1 Å². The van der Waals surface area contributed by atoms with Gasteiger partial charge in [0.2, 0.25) is 0 Å². The van der Waals surface area contributed by atoms with Gasteiger partial charge in [-0.15, -0.1) is 0 Å². The van der Waals surface area contributed by atoms with E-state index in [1.165, 1.54) is 12.8 Å². The maximum Gasteiger partial charge on any atom is 0.191 e. The van der Waals surface area contributed by atoms with Crippen LogP contribution in [0.5, 0.6) is 0 Å². The number of guanidine groups is 1. The molecule has 0 spiro atoms. The summed E-state index contributed by atoms with van der Waals surface area (Å²) in [4.78, 5) is 4.68. The van der Waals surface area contributed by atoms with E-state index in [0.29, 0.717) is 24.8 Å². The fraction of sp³-hybridized carbons (Fsp3) is 0.688. The van der Waals surface area contributed by atoms with Crippen LogP contribution in [0.25, 0.3) is 0 Å². The molecule has 3 atom stereocenters. The molecule has 3 rings (SSSR count). The minimum Gasteiger partial charge on any atom is -0.466 e. The van der Waals surface area contributed by atoms with Crippen molar-refractivity contribution in [3.63, 3.8) is 0 Å². The van der Waals surface area contributed by atoms with Crippen LogP contribution < -0.4 is 10.6 Å². The first kappa shape index (κ1) is 14.4.